The van der Waals surface area contributed by atoms with Crippen LogP contribution in [0.25, 0.3) is 22.3 Å². The number of hydrogen-bond donors (Lipinski definition) is 2. The number of carbonyl (C=O) groups excluding carboxylic acids is 2. The van der Waals surface area contributed by atoms with Crippen LogP contribution in [0.15, 0.2) is 35.1 Å². The Morgan fingerprint density at radius 1 is 1.26 bits per heavy atom. The van der Waals surface area contributed by atoms with Gasteiger partial charge in [0.2, 0.25) is 5.60 Å². The van der Waals surface area contributed by atoms with Crippen molar-refractivity contribution in [2.75, 3.05) is 6.54 Å². The molecule has 1 aromatic carbocycles. The van der Waals surface area contributed by atoms with Crippen LogP contribution in [0.2, 0.25) is 19.1 Å². The number of phenols is 1. The second-order valence-corrected chi connectivity index (χ2v) is 15.9. The Hall–Kier alpha value is -3.50. The lowest BCUT2D eigenvalue weighted by Gasteiger charge is -2.43. The lowest BCUT2D eigenvalue weighted by molar-refractivity contribution is -0.189. The summed E-state index contributed by atoms with van der Waals surface area (Å²) in [6, 6.07) is 9.50. The summed E-state index contributed by atoms with van der Waals surface area (Å²) in [5, 5.41) is 10.7. The van der Waals surface area contributed by atoms with Gasteiger partial charge in [0.25, 0.3) is 5.56 Å². The zero-order valence-electron chi connectivity index (χ0n) is 22.2. The third kappa shape index (κ3) is 3.94. The summed E-state index contributed by atoms with van der Waals surface area (Å²) in [4.78, 5) is 45.2. The Morgan fingerprint density at radius 3 is 2.71 bits per heavy atom. The van der Waals surface area contributed by atoms with Gasteiger partial charge in [-0.05, 0) is 36.8 Å². The van der Waals surface area contributed by atoms with E-state index in [0.29, 0.717) is 34.6 Å². The Balaban J connectivity index is 1.78. The van der Waals surface area contributed by atoms with Crippen LogP contribution in [0.3, 0.4) is 0 Å². The first-order valence-corrected chi connectivity index (χ1v) is 16.4. The molecule has 3 aromatic rings. The van der Waals surface area contributed by atoms with Crippen LogP contribution < -0.4 is 11.3 Å². The molecule has 0 fully saturated rings. The van der Waals surface area contributed by atoms with Crippen molar-refractivity contribution in [2.24, 2.45) is 5.73 Å². The van der Waals surface area contributed by atoms with Crippen molar-refractivity contribution in [2.45, 2.75) is 70.1 Å². The number of esters is 2. The third-order valence-corrected chi connectivity index (χ3v) is 11.3. The first-order chi connectivity index (χ1) is 18.1. The number of hydrogen-bond acceptors (Lipinski definition) is 8. The van der Waals surface area contributed by atoms with Gasteiger partial charge in [0.1, 0.15) is 19.6 Å². The van der Waals surface area contributed by atoms with Crippen LogP contribution in [-0.2, 0) is 31.2 Å². The summed E-state index contributed by atoms with van der Waals surface area (Å²) in [5.74, 6) is -1.28. The van der Waals surface area contributed by atoms with Gasteiger partial charge in [-0.15, -0.1) is 0 Å². The van der Waals surface area contributed by atoms with E-state index in [1.54, 1.807) is 35.8 Å². The van der Waals surface area contributed by atoms with Gasteiger partial charge in [0.05, 0.1) is 35.6 Å². The minimum atomic E-state index is -2.29. The summed E-state index contributed by atoms with van der Waals surface area (Å²) in [6.07, 6.45) is 2.05. The fraction of sp³-hybridized carbons (Fsp3) is 0.429. The smallest absolute Gasteiger partial charge is 0.355 e. The highest BCUT2D eigenvalue weighted by Gasteiger charge is 2.56. The first kappa shape index (κ1) is 26.1. The zero-order chi connectivity index (χ0) is 27.4. The van der Waals surface area contributed by atoms with Crippen molar-refractivity contribution in [1.82, 2.24) is 9.55 Å². The standard InChI is InChI=1S/C28H33N3O6Si/c1-5-7-10-38(3,4)26-23-19(28(6-2,27(35)36-26)37-22(33)14-29)13-21-24-17(15-31(21)25(23)34)11-16-12-18(32)8-9-20(16)30-24/h8-9,11-13,26,32H,5-7,10,14-15,29H2,1-4H3. The van der Waals surface area contributed by atoms with Gasteiger partial charge in [-0.2, -0.15) is 0 Å². The molecule has 0 amide bonds. The zero-order valence-corrected chi connectivity index (χ0v) is 23.2. The lowest BCUT2D eigenvalue weighted by Crippen LogP contribution is -2.54. The number of pyridine rings is 2. The topological polar surface area (TPSA) is 134 Å². The molecule has 2 aliphatic heterocycles. The molecule has 5 rings (SSSR count). The monoisotopic (exact) mass is 535 g/mol. The van der Waals surface area contributed by atoms with E-state index < -0.39 is 37.9 Å². The SMILES string of the molecule is CCCC[Si](C)(C)C1OC(=O)C(CC)(OC(=O)CN)c2cc3n(c(=O)c21)Cc1cc2cc(O)ccc2nc1-3. The van der Waals surface area contributed by atoms with Crippen molar-refractivity contribution in [3.05, 3.63) is 57.4 Å². The number of nitrogens with two attached hydrogens (primary N) is 1. The number of carbonyl (C=O) groups is 2. The molecular formula is C28H33N3O6Si. The molecule has 38 heavy (non-hydrogen) atoms. The maximum atomic E-state index is 14.3. The van der Waals surface area contributed by atoms with Crippen molar-refractivity contribution in [3.63, 3.8) is 0 Å². The molecule has 0 aliphatic carbocycles. The molecule has 2 atom stereocenters. The van der Waals surface area contributed by atoms with E-state index in [0.717, 1.165) is 29.8 Å². The van der Waals surface area contributed by atoms with Crippen molar-refractivity contribution < 1.29 is 24.2 Å². The predicted molar refractivity (Wildman–Crippen MR) is 145 cm³/mol. The highest BCUT2D eigenvalue weighted by atomic mass is 28.3. The van der Waals surface area contributed by atoms with E-state index in [-0.39, 0.29) is 17.7 Å². The van der Waals surface area contributed by atoms with Crippen molar-refractivity contribution >= 4 is 30.9 Å². The third-order valence-electron chi connectivity index (χ3n) is 7.87. The number of phenolic OH excluding ortho intramolecular Hbond substituents is 1. The van der Waals surface area contributed by atoms with Gasteiger partial charge in [-0.25, -0.2) is 9.78 Å². The van der Waals surface area contributed by atoms with Gasteiger partial charge in [-0.3, -0.25) is 9.59 Å². The van der Waals surface area contributed by atoms with Gasteiger partial charge >= 0.3 is 11.9 Å². The molecule has 0 saturated heterocycles. The van der Waals surface area contributed by atoms with Gasteiger partial charge in [0.15, 0.2) is 0 Å². The largest absolute Gasteiger partial charge is 0.508 e. The Kier molecular flexibility index (Phi) is 6.43. The van der Waals surface area contributed by atoms with E-state index >= 15 is 0 Å². The average molecular weight is 536 g/mol. The van der Waals surface area contributed by atoms with Crippen molar-refractivity contribution in [1.29, 1.82) is 0 Å². The molecule has 200 valence electrons. The number of fused-ring (bicyclic) bond motifs is 5. The highest BCUT2D eigenvalue weighted by molar-refractivity contribution is 6.78. The number of benzene rings is 1. The average Bonchev–Trinajstić information content (AvgIpc) is 3.25. The summed E-state index contributed by atoms with van der Waals surface area (Å²) in [6.45, 7) is 7.98. The number of aromatic nitrogens is 2. The molecule has 2 aliphatic rings. The summed E-state index contributed by atoms with van der Waals surface area (Å²) in [5.41, 5.74) is 6.29. The molecule has 0 saturated carbocycles. The summed E-state index contributed by atoms with van der Waals surface area (Å²) in [7, 11) is -2.29. The fourth-order valence-corrected chi connectivity index (χ4v) is 8.76. The van der Waals surface area contributed by atoms with Gasteiger partial charge < -0.3 is 24.9 Å². The number of ether oxygens (including phenoxy) is 2. The molecule has 3 N–H and O–H groups in total. The Bertz CT molecular complexity index is 1530. The molecule has 2 aromatic heterocycles. The van der Waals surface area contributed by atoms with Crippen LogP contribution in [0.1, 0.15) is 55.5 Å². The molecule has 9 nitrogen and oxygen atoms in total. The van der Waals surface area contributed by atoms with E-state index in [4.69, 9.17) is 20.2 Å². The number of nitrogens with zero attached hydrogens (tertiary/aromatic N) is 2. The van der Waals surface area contributed by atoms with E-state index in [2.05, 4.69) is 20.0 Å². The fourth-order valence-electron chi connectivity index (χ4n) is 5.75. The Morgan fingerprint density at radius 2 is 2.03 bits per heavy atom. The Labute approximate surface area is 221 Å². The molecular weight excluding hydrogens is 502 g/mol. The van der Waals surface area contributed by atoms with Crippen LogP contribution in [0.4, 0.5) is 0 Å². The van der Waals surface area contributed by atoms with E-state index in [9.17, 15) is 19.5 Å². The maximum Gasteiger partial charge on any atom is 0.355 e. The second-order valence-electron chi connectivity index (χ2n) is 10.9. The molecule has 4 heterocycles. The number of cyclic esters (lactones) is 1. The number of aromatic hydroxyl groups is 1. The van der Waals surface area contributed by atoms with Crippen LogP contribution >= 0.6 is 0 Å². The molecule has 0 bridgehead atoms. The maximum absolute atomic E-state index is 14.3. The number of rotatable bonds is 7. The van der Waals surface area contributed by atoms with E-state index in [1.807, 2.05) is 6.07 Å². The molecule has 2 unspecified atom stereocenters. The van der Waals surface area contributed by atoms with Crippen LogP contribution in [0, 0.1) is 0 Å². The predicted octanol–water partition coefficient (Wildman–Crippen LogP) is 3.88. The quantitative estimate of drug-likeness (QED) is 0.269. The minimum absolute atomic E-state index is 0.0917. The van der Waals surface area contributed by atoms with Crippen molar-refractivity contribution in [3.8, 4) is 17.1 Å². The lowest BCUT2D eigenvalue weighted by atomic mass is 9.85. The van der Waals surface area contributed by atoms with Crippen LogP contribution in [-0.4, -0.2) is 41.2 Å². The molecule has 0 spiro atoms. The number of unbranched alkanes of at least 4 members (excludes halogenated alkanes) is 1. The molecule has 0 radical (unpaired) electrons. The minimum Gasteiger partial charge on any atom is -0.508 e. The highest BCUT2D eigenvalue weighted by Crippen LogP contribution is 2.47. The summed E-state index contributed by atoms with van der Waals surface area (Å²) >= 11 is 0. The van der Waals surface area contributed by atoms with Gasteiger partial charge in [0, 0.05) is 16.5 Å². The molecule has 10 heteroatoms. The van der Waals surface area contributed by atoms with Crippen LogP contribution in [0.5, 0.6) is 5.75 Å². The first-order valence-electron chi connectivity index (χ1n) is 13.1. The summed E-state index contributed by atoms with van der Waals surface area (Å²) < 4.78 is 13.5. The normalized spacial score (nSPS) is 20.0. The van der Waals surface area contributed by atoms with Gasteiger partial charge in [-0.1, -0.05) is 45.8 Å². The second kappa shape index (κ2) is 9.35. The van der Waals surface area contributed by atoms with E-state index in [1.165, 1.54) is 0 Å².